The Labute approximate surface area is 141 Å². The van der Waals surface area contributed by atoms with E-state index in [9.17, 15) is 4.79 Å². The summed E-state index contributed by atoms with van der Waals surface area (Å²) < 4.78 is 5.35. The third-order valence-electron chi connectivity index (χ3n) is 3.23. The molecule has 2 aromatic rings. The Morgan fingerprint density at radius 2 is 1.65 bits per heavy atom. The number of nitrogens with one attached hydrogen (secondary N) is 1. The van der Waals surface area contributed by atoms with Crippen LogP contribution in [0.5, 0.6) is 5.75 Å². The fourth-order valence-electron chi connectivity index (χ4n) is 2.04. The zero-order valence-corrected chi connectivity index (χ0v) is 13.9. The number of ether oxygens (including phenoxy) is 1. The molecule has 0 aliphatic rings. The molecule has 0 spiro atoms. The van der Waals surface area contributed by atoms with Gasteiger partial charge in [-0.15, -0.1) is 0 Å². The predicted molar refractivity (Wildman–Crippen MR) is 93.4 cm³/mol. The van der Waals surface area contributed by atoms with Gasteiger partial charge in [0.05, 0.1) is 12.3 Å². The van der Waals surface area contributed by atoms with Gasteiger partial charge in [0, 0.05) is 10.6 Å². The smallest absolute Gasteiger partial charge is 0.271 e. The number of halogens is 1. The quantitative estimate of drug-likeness (QED) is 0.634. The van der Waals surface area contributed by atoms with Gasteiger partial charge in [0.2, 0.25) is 0 Å². The van der Waals surface area contributed by atoms with Crippen molar-refractivity contribution in [1.82, 2.24) is 5.43 Å². The average Bonchev–Trinajstić information content (AvgIpc) is 2.57. The molecule has 5 heteroatoms. The van der Waals surface area contributed by atoms with Crippen LogP contribution in [0.15, 0.2) is 53.6 Å². The van der Waals surface area contributed by atoms with Gasteiger partial charge in [-0.25, -0.2) is 5.43 Å². The molecule has 0 radical (unpaired) electrons. The molecule has 0 aliphatic carbocycles. The van der Waals surface area contributed by atoms with Gasteiger partial charge in [-0.2, -0.15) is 5.10 Å². The standard InChI is InChI=1S/C18H19ClN2O2/c1-3-17(13-5-9-15(19)10-6-13)20-21-18(22)14-7-11-16(12-8-14)23-4-2/h5-12H,3-4H2,1-2H3,(H,21,22). The van der Waals surface area contributed by atoms with Crippen LogP contribution in [0.25, 0.3) is 0 Å². The number of rotatable bonds is 6. The van der Waals surface area contributed by atoms with Crippen molar-refractivity contribution < 1.29 is 9.53 Å². The average molecular weight is 331 g/mol. The predicted octanol–water partition coefficient (Wildman–Crippen LogP) is 4.28. The number of carbonyl (C=O) groups excluding carboxylic acids is 1. The molecule has 0 saturated heterocycles. The van der Waals surface area contributed by atoms with E-state index >= 15 is 0 Å². The number of benzene rings is 2. The Hall–Kier alpha value is -2.33. The monoisotopic (exact) mass is 330 g/mol. The van der Waals surface area contributed by atoms with Crippen LogP contribution in [0.4, 0.5) is 0 Å². The van der Waals surface area contributed by atoms with Crippen LogP contribution in [-0.2, 0) is 0 Å². The maximum atomic E-state index is 12.1. The molecular formula is C18H19ClN2O2. The largest absolute Gasteiger partial charge is 0.494 e. The van der Waals surface area contributed by atoms with Crippen LogP contribution in [0.3, 0.4) is 0 Å². The van der Waals surface area contributed by atoms with Gasteiger partial charge in [0.1, 0.15) is 5.75 Å². The first-order valence-corrected chi connectivity index (χ1v) is 7.87. The number of hydrogen-bond acceptors (Lipinski definition) is 3. The molecule has 0 saturated carbocycles. The fourth-order valence-corrected chi connectivity index (χ4v) is 2.17. The maximum absolute atomic E-state index is 12.1. The second-order valence-electron chi connectivity index (χ2n) is 4.82. The molecule has 0 aliphatic heterocycles. The Morgan fingerprint density at radius 1 is 1.04 bits per heavy atom. The van der Waals surface area contributed by atoms with Crippen molar-refractivity contribution in [1.29, 1.82) is 0 Å². The Morgan fingerprint density at radius 3 is 2.22 bits per heavy atom. The number of carbonyl (C=O) groups is 1. The summed E-state index contributed by atoms with van der Waals surface area (Å²) in [7, 11) is 0. The Kier molecular flexibility index (Phi) is 6.18. The molecule has 120 valence electrons. The third kappa shape index (κ3) is 4.83. The molecule has 0 atom stereocenters. The summed E-state index contributed by atoms with van der Waals surface area (Å²) in [6, 6.07) is 14.3. The van der Waals surface area contributed by atoms with Crippen molar-refractivity contribution in [3.05, 3.63) is 64.7 Å². The summed E-state index contributed by atoms with van der Waals surface area (Å²) in [5.74, 6) is 0.482. The van der Waals surface area contributed by atoms with Crippen LogP contribution in [0, 0.1) is 0 Å². The van der Waals surface area contributed by atoms with Crippen molar-refractivity contribution in [3.63, 3.8) is 0 Å². The molecule has 0 bridgehead atoms. The molecule has 4 nitrogen and oxygen atoms in total. The first-order valence-electron chi connectivity index (χ1n) is 7.49. The van der Waals surface area contributed by atoms with E-state index < -0.39 is 0 Å². The minimum atomic E-state index is -0.257. The molecule has 1 amide bonds. The highest BCUT2D eigenvalue weighted by Crippen LogP contribution is 2.13. The highest BCUT2D eigenvalue weighted by molar-refractivity contribution is 6.30. The lowest BCUT2D eigenvalue weighted by Crippen LogP contribution is -2.19. The van der Waals surface area contributed by atoms with E-state index in [4.69, 9.17) is 16.3 Å². The van der Waals surface area contributed by atoms with Crippen LogP contribution < -0.4 is 10.2 Å². The summed E-state index contributed by atoms with van der Waals surface area (Å²) >= 11 is 5.88. The molecule has 1 N–H and O–H groups in total. The van der Waals surface area contributed by atoms with E-state index in [0.29, 0.717) is 23.6 Å². The number of hydrazone groups is 1. The molecule has 0 aromatic heterocycles. The summed E-state index contributed by atoms with van der Waals surface area (Å²) in [4.78, 5) is 12.1. The third-order valence-corrected chi connectivity index (χ3v) is 3.48. The van der Waals surface area contributed by atoms with E-state index in [-0.39, 0.29) is 5.91 Å². The lowest BCUT2D eigenvalue weighted by Gasteiger charge is -2.06. The van der Waals surface area contributed by atoms with Gasteiger partial charge in [0.15, 0.2) is 0 Å². The lowest BCUT2D eigenvalue weighted by molar-refractivity contribution is 0.0955. The molecule has 23 heavy (non-hydrogen) atoms. The van der Waals surface area contributed by atoms with E-state index in [0.717, 1.165) is 17.0 Å². The summed E-state index contributed by atoms with van der Waals surface area (Å²) in [5, 5.41) is 4.89. The zero-order valence-electron chi connectivity index (χ0n) is 13.2. The topological polar surface area (TPSA) is 50.7 Å². The molecule has 2 aromatic carbocycles. The fraction of sp³-hybridized carbons (Fsp3) is 0.222. The summed E-state index contributed by atoms with van der Waals surface area (Å²) in [6.07, 6.45) is 0.700. The van der Waals surface area contributed by atoms with Crippen molar-refractivity contribution in [2.45, 2.75) is 20.3 Å². The minimum Gasteiger partial charge on any atom is -0.494 e. The highest BCUT2D eigenvalue weighted by atomic mass is 35.5. The van der Waals surface area contributed by atoms with Crippen molar-refractivity contribution in [2.24, 2.45) is 5.10 Å². The van der Waals surface area contributed by atoms with Crippen molar-refractivity contribution in [2.75, 3.05) is 6.61 Å². The molecule has 0 unspecified atom stereocenters. The van der Waals surface area contributed by atoms with Gasteiger partial charge in [-0.05, 0) is 55.3 Å². The van der Waals surface area contributed by atoms with Crippen molar-refractivity contribution in [3.8, 4) is 5.75 Å². The maximum Gasteiger partial charge on any atom is 0.271 e. The Balaban J connectivity index is 2.07. The Bertz CT molecular complexity index is 679. The SMILES string of the molecule is CCOc1ccc(C(=O)NN=C(CC)c2ccc(Cl)cc2)cc1. The summed E-state index contributed by atoms with van der Waals surface area (Å²) in [5.41, 5.74) is 4.85. The summed E-state index contributed by atoms with van der Waals surface area (Å²) in [6.45, 7) is 4.49. The molecule has 0 fully saturated rings. The zero-order chi connectivity index (χ0) is 16.7. The van der Waals surface area contributed by atoms with Crippen LogP contribution in [0.2, 0.25) is 5.02 Å². The minimum absolute atomic E-state index is 0.257. The van der Waals surface area contributed by atoms with E-state index in [2.05, 4.69) is 10.5 Å². The van der Waals surface area contributed by atoms with Crippen LogP contribution >= 0.6 is 11.6 Å². The van der Waals surface area contributed by atoms with Crippen LogP contribution in [0.1, 0.15) is 36.2 Å². The second kappa shape index (κ2) is 8.34. The first-order chi connectivity index (χ1) is 11.1. The molecule has 2 rings (SSSR count). The lowest BCUT2D eigenvalue weighted by atomic mass is 10.1. The molecule has 0 heterocycles. The normalized spacial score (nSPS) is 11.2. The molecular weight excluding hydrogens is 312 g/mol. The number of nitrogens with zero attached hydrogens (tertiary/aromatic N) is 1. The van der Waals surface area contributed by atoms with Gasteiger partial charge in [0.25, 0.3) is 5.91 Å². The highest BCUT2D eigenvalue weighted by Gasteiger charge is 2.06. The van der Waals surface area contributed by atoms with E-state index in [1.54, 1.807) is 36.4 Å². The van der Waals surface area contributed by atoms with Crippen molar-refractivity contribution >= 4 is 23.2 Å². The van der Waals surface area contributed by atoms with Gasteiger partial charge >= 0.3 is 0 Å². The van der Waals surface area contributed by atoms with Gasteiger partial charge < -0.3 is 4.74 Å². The van der Waals surface area contributed by atoms with E-state index in [1.807, 2.05) is 26.0 Å². The van der Waals surface area contributed by atoms with Gasteiger partial charge in [-0.3, -0.25) is 4.79 Å². The number of hydrogen-bond donors (Lipinski definition) is 1. The van der Waals surface area contributed by atoms with Gasteiger partial charge in [-0.1, -0.05) is 30.7 Å². The van der Waals surface area contributed by atoms with Crippen LogP contribution in [-0.4, -0.2) is 18.2 Å². The second-order valence-corrected chi connectivity index (χ2v) is 5.25. The first kappa shape index (κ1) is 17.0. The van der Waals surface area contributed by atoms with E-state index in [1.165, 1.54) is 0 Å². The number of amides is 1.